The van der Waals surface area contributed by atoms with Crippen LogP contribution in [0.2, 0.25) is 0 Å². The molecule has 0 radical (unpaired) electrons. The Morgan fingerprint density at radius 3 is 2.65 bits per heavy atom. The number of rotatable bonds is 10. The standard InChI is InChI=1S/C20H28N4OS/c1-16-21-13-15-24(16)14-7-5-3-2-4-6-8-17-9-11-19(26-17)18-10-12-20(25)23-22-18/h9,11,13,15H,2-8,10,12,14H2,1H3,(H,23,25). The highest BCUT2D eigenvalue weighted by atomic mass is 32.1. The van der Waals surface area contributed by atoms with Crippen LogP contribution in [0.3, 0.4) is 0 Å². The summed E-state index contributed by atoms with van der Waals surface area (Å²) in [4.78, 5) is 18.1. The Kier molecular flexibility index (Phi) is 7.00. The molecule has 140 valence electrons. The number of thiophene rings is 1. The van der Waals surface area contributed by atoms with Crippen LogP contribution in [0.25, 0.3) is 0 Å². The van der Waals surface area contributed by atoms with E-state index in [0.29, 0.717) is 6.42 Å². The molecule has 0 bridgehead atoms. The molecule has 1 amide bonds. The topological polar surface area (TPSA) is 59.3 Å². The maximum absolute atomic E-state index is 11.2. The Morgan fingerprint density at radius 2 is 1.92 bits per heavy atom. The average molecular weight is 373 g/mol. The van der Waals surface area contributed by atoms with E-state index in [4.69, 9.17) is 0 Å². The van der Waals surface area contributed by atoms with E-state index in [1.165, 1.54) is 48.3 Å². The first-order valence-corrected chi connectivity index (χ1v) is 10.5. The van der Waals surface area contributed by atoms with Gasteiger partial charge in [0.15, 0.2) is 0 Å². The van der Waals surface area contributed by atoms with E-state index in [0.717, 1.165) is 30.9 Å². The summed E-state index contributed by atoms with van der Waals surface area (Å²) < 4.78 is 2.23. The Labute approximate surface area is 159 Å². The zero-order valence-corrected chi connectivity index (χ0v) is 16.4. The molecule has 0 unspecified atom stereocenters. The number of unbranched alkanes of at least 4 members (excludes halogenated alkanes) is 5. The van der Waals surface area contributed by atoms with E-state index in [1.807, 2.05) is 17.5 Å². The molecule has 3 heterocycles. The summed E-state index contributed by atoms with van der Waals surface area (Å²) >= 11 is 1.82. The van der Waals surface area contributed by atoms with Gasteiger partial charge in [-0.25, -0.2) is 10.4 Å². The third-order valence-corrected chi connectivity index (χ3v) is 6.04. The van der Waals surface area contributed by atoms with Gasteiger partial charge < -0.3 is 4.57 Å². The first kappa shape index (κ1) is 18.8. The number of hydrogen-bond acceptors (Lipinski definition) is 4. The van der Waals surface area contributed by atoms with Crippen molar-refractivity contribution in [2.24, 2.45) is 5.10 Å². The summed E-state index contributed by atoms with van der Waals surface area (Å²) in [6, 6.07) is 4.36. The Hall–Kier alpha value is -1.95. The van der Waals surface area contributed by atoms with Gasteiger partial charge in [-0.15, -0.1) is 11.3 Å². The fourth-order valence-corrected chi connectivity index (χ4v) is 4.31. The summed E-state index contributed by atoms with van der Waals surface area (Å²) in [5.74, 6) is 1.13. The van der Waals surface area contributed by atoms with Gasteiger partial charge in [-0.3, -0.25) is 4.79 Å². The fourth-order valence-electron chi connectivity index (χ4n) is 3.25. The van der Waals surface area contributed by atoms with Crippen LogP contribution in [0, 0.1) is 6.92 Å². The predicted molar refractivity (Wildman–Crippen MR) is 107 cm³/mol. The van der Waals surface area contributed by atoms with Crippen LogP contribution < -0.4 is 5.43 Å². The Bertz CT molecular complexity index is 747. The molecule has 0 fully saturated rings. The van der Waals surface area contributed by atoms with Gasteiger partial charge >= 0.3 is 0 Å². The summed E-state index contributed by atoms with van der Waals surface area (Å²) in [5, 5.41) is 4.18. The zero-order chi connectivity index (χ0) is 18.2. The van der Waals surface area contributed by atoms with Crippen molar-refractivity contribution >= 4 is 23.0 Å². The van der Waals surface area contributed by atoms with E-state index in [2.05, 4.69) is 45.3 Å². The summed E-state index contributed by atoms with van der Waals surface area (Å²) in [6.07, 6.45) is 14.1. The number of imidazole rings is 1. The van der Waals surface area contributed by atoms with Gasteiger partial charge in [0.25, 0.3) is 0 Å². The molecule has 6 heteroatoms. The summed E-state index contributed by atoms with van der Waals surface area (Å²) in [7, 11) is 0. The van der Waals surface area contributed by atoms with Crippen LogP contribution in [0.15, 0.2) is 29.6 Å². The zero-order valence-electron chi connectivity index (χ0n) is 15.5. The molecule has 1 aliphatic rings. The number of carbonyl (C=O) groups is 1. The lowest BCUT2D eigenvalue weighted by Crippen LogP contribution is -2.25. The van der Waals surface area contributed by atoms with Crippen LogP contribution in [-0.2, 0) is 17.8 Å². The van der Waals surface area contributed by atoms with Crippen molar-refractivity contribution in [3.8, 4) is 0 Å². The number of amides is 1. The van der Waals surface area contributed by atoms with Gasteiger partial charge in [0.1, 0.15) is 5.82 Å². The highest BCUT2D eigenvalue weighted by molar-refractivity contribution is 7.14. The van der Waals surface area contributed by atoms with E-state index in [-0.39, 0.29) is 5.91 Å². The second-order valence-electron chi connectivity index (χ2n) is 6.90. The van der Waals surface area contributed by atoms with Crippen LogP contribution in [-0.4, -0.2) is 21.2 Å². The van der Waals surface area contributed by atoms with Gasteiger partial charge in [-0.05, 0) is 38.3 Å². The molecule has 0 saturated heterocycles. The van der Waals surface area contributed by atoms with Crippen molar-refractivity contribution in [3.05, 3.63) is 40.1 Å². The van der Waals surface area contributed by atoms with Crippen molar-refractivity contribution in [1.29, 1.82) is 0 Å². The summed E-state index contributed by atoms with van der Waals surface area (Å²) in [5.41, 5.74) is 3.60. The predicted octanol–water partition coefficient (Wildman–Crippen LogP) is 4.45. The largest absolute Gasteiger partial charge is 0.335 e. The average Bonchev–Trinajstić information content (AvgIpc) is 3.27. The molecule has 1 N–H and O–H groups in total. The molecular formula is C20H28N4OS. The molecule has 0 aliphatic carbocycles. The van der Waals surface area contributed by atoms with E-state index in [1.54, 1.807) is 0 Å². The van der Waals surface area contributed by atoms with Crippen LogP contribution in [0.4, 0.5) is 0 Å². The number of aryl methyl sites for hydroxylation is 3. The highest BCUT2D eigenvalue weighted by Gasteiger charge is 2.14. The van der Waals surface area contributed by atoms with Crippen molar-refractivity contribution in [2.75, 3.05) is 0 Å². The van der Waals surface area contributed by atoms with Crippen molar-refractivity contribution < 1.29 is 4.79 Å². The summed E-state index contributed by atoms with van der Waals surface area (Å²) in [6.45, 7) is 3.15. The second-order valence-corrected chi connectivity index (χ2v) is 8.07. The lowest BCUT2D eigenvalue weighted by molar-refractivity contribution is -0.121. The third kappa shape index (κ3) is 5.53. The van der Waals surface area contributed by atoms with Gasteiger partial charge in [0, 0.05) is 36.7 Å². The third-order valence-electron chi connectivity index (χ3n) is 4.85. The lowest BCUT2D eigenvalue weighted by Gasteiger charge is -2.09. The fraction of sp³-hybridized carbons (Fsp3) is 0.550. The minimum absolute atomic E-state index is 0.0192. The molecule has 26 heavy (non-hydrogen) atoms. The van der Waals surface area contributed by atoms with E-state index >= 15 is 0 Å². The van der Waals surface area contributed by atoms with Gasteiger partial charge in [0.2, 0.25) is 5.91 Å². The second kappa shape index (κ2) is 9.67. The first-order chi connectivity index (χ1) is 12.7. The minimum atomic E-state index is 0.0192. The number of nitrogens with zero attached hydrogens (tertiary/aromatic N) is 3. The number of nitrogens with one attached hydrogen (secondary N) is 1. The molecular weight excluding hydrogens is 344 g/mol. The number of aromatic nitrogens is 2. The smallest absolute Gasteiger partial charge is 0.240 e. The first-order valence-electron chi connectivity index (χ1n) is 9.64. The maximum atomic E-state index is 11.2. The molecule has 1 aliphatic heterocycles. The molecule has 2 aromatic rings. The molecule has 0 atom stereocenters. The van der Waals surface area contributed by atoms with Crippen LogP contribution >= 0.6 is 11.3 Å². The monoisotopic (exact) mass is 372 g/mol. The lowest BCUT2D eigenvalue weighted by atomic mass is 10.1. The van der Waals surface area contributed by atoms with Crippen molar-refractivity contribution in [1.82, 2.24) is 15.0 Å². The number of carbonyl (C=O) groups excluding carboxylic acids is 1. The minimum Gasteiger partial charge on any atom is -0.335 e. The molecule has 0 saturated carbocycles. The Balaban J connectivity index is 1.26. The van der Waals surface area contributed by atoms with E-state index in [9.17, 15) is 4.79 Å². The van der Waals surface area contributed by atoms with E-state index < -0.39 is 0 Å². The maximum Gasteiger partial charge on any atom is 0.240 e. The van der Waals surface area contributed by atoms with Gasteiger partial charge in [-0.2, -0.15) is 5.10 Å². The molecule has 0 aromatic carbocycles. The van der Waals surface area contributed by atoms with Crippen molar-refractivity contribution in [3.63, 3.8) is 0 Å². The normalized spacial score (nSPS) is 14.3. The van der Waals surface area contributed by atoms with Crippen molar-refractivity contribution in [2.45, 2.75) is 71.3 Å². The van der Waals surface area contributed by atoms with Crippen LogP contribution in [0.1, 0.15) is 66.9 Å². The SMILES string of the molecule is Cc1nccn1CCCCCCCCc1ccc(C2=NNC(=O)CC2)s1. The number of hydrazone groups is 1. The quantitative estimate of drug-likeness (QED) is 0.626. The van der Waals surface area contributed by atoms with Gasteiger partial charge in [0.05, 0.1) is 10.6 Å². The molecule has 3 rings (SSSR count). The Morgan fingerprint density at radius 1 is 1.12 bits per heavy atom. The molecule has 0 spiro atoms. The highest BCUT2D eigenvalue weighted by Crippen LogP contribution is 2.22. The number of hydrogen-bond donors (Lipinski definition) is 1. The molecule has 5 nitrogen and oxygen atoms in total. The van der Waals surface area contributed by atoms with Crippen LogP contribution in [0.5, 0.6) is 0 Å². The molecule has 2 aromatic heterocycles. The van der Waals surface area contributed by atoms with Gasteiger partial charge in [-0.1, -0.05) is 25.7 Å².